The number of nitrogens with one attached hydrogen (secondary N) is 1. The molecule has 0 bridgehead atoms. The number of rotatable bonds is 13. The van der Waals surface area contributed by atoms with E-state index >= 15 is 0 Å². The number of alkyl halides is 2. The van der Waals surface area contributed by atoms with Gasteiger partial charge in [0, 0.05) is 5.88 Å². The third-order valence-electron chi connectivity index (χ3n) is 7.76. The molecule has 0 aromatic heterocycles. The Bertz CT molecular complexity index is 1620. The Balaban J connectivity index is 1.36. The zero-order valence-corrected chi connectivity index (χ0v) is 28.3. The maximum absolute atomic E-state index is 12.3. The quantitative estimate of drug-likeness (QED) is 0.0771. The van der Waals surface area contributed by atoms with E-state index in [1.165, 1.54) is 22.3 Å². The Morgan fingerprint density at radius 1 is 0.766 bits per heavy atom. The summed E-state index contributed by atoms with van der Waals surface area (Å²) in [4.78, 5) is 24.2. The molecule has 246 valence electrons. The second kappa shape index (κ2) is 15.1. The molecule has 0 aliphatic heterocycles. The normalized spacial score (nSPS) is 13.6. The molecule has 1 atom stereocenters. The number of ether oxygens (including phenoxy) is 4. The van der Waals surface area contributed by atoms with Crippen LogP contribution in [0.4, 0.5) is 4.79 Å². The van der Waals surface area contributed by atoms with E-state index in [1.54, 1.807) is 20.8 Å². The van der Waals surface area contributed by atoms with Gasteiger partial charge in [0.2, 0.25) is 0 Å². The highest BCUT2D eigenvalue weighted by atomic mass is 35.5. The Morgan fingerprint density at radius 3 is 1.81 bits per heavy atom. The third kappa shape index (κ3) is 7.86. The number of carbonyl (C=O) groups excluding carboxylic acids is 2. The Labute approximate surface area is 286 Å². The van der Waals surface area contributed by atoms with Crippen molar-refractivity contribution in [2.24, 2.45) is 0 Å². The number of alkyl carbamates (subject to hydrolysis) is 1. The summed E-state index contributed by atoms with van der Waals surface area (Å²) in [5.41, 5.74) is 5.71. The van der Waals surface area contributed by atoms with Crippen molar-refractivity contribution in [3.8, 4) is 22.6 Å². The van der Waals surface area contributed by atoms with Gasteiger partial charge in [-0.15, -0.1) is 23.2 Å². The Hall–Kier alpha value is -4.20. The monoisotopic (exact) mass is 675 g/mol. The first-order valence-corrected chi connectivity index (χ1v) is 16.7. The van der Waals surface area contributed by atoms with Gasteiger partial charge in [0.25, 0.3) is 0 Å². The van der Waals surface area contributed by atoms with Crippen molar-refractivity contribution in [3.05, 3.63) is 119 Å². The molecule has 9 heteroatoms. The minimum absolute atomic E-state index is 0.0263. The molecule has 4 aromatic carbocycles. The fourth-order valence-electron chi connectivity index (χ4n) is 5.86. The van der Waals surface area contributed by atoms with E-state index in [2.05, 4.69) is 78.1 Å². The van der Waals surface area contributed by atoms with Gasteiger partial charge in [-0.2, -0.15) is 0 Å². The summed E-state index contributed by atoms with van der Waals surface area (Å²) in [6, 6.07) is 33.3. The molecule has 0 radical (unpaired) electrons. The predicted octanol–water partition coefficient (Wildman–Crippen LogP) is 8.11. The highest BCUT2D eigenvalue weighted by Gasteiger charge is 2.45. The minimum atomic E-state index is -0.714. The third-order valence-corrected chi connectivity index (χ3v) is 8.37. The lowest BCUT2D eigenvalue weighted by molar-refractivity contribution is -0.148. The lowest BCUT2D eigenvalue weighted by Crippen LogP contribution is -2.38. The summed E-state index contributed by atoms with van der Waals surface area (Å²) >= 11 is 11.9. The molecule has 1 N–H and O–H groups in total. The maximum atomic E-state index is 12.3. The van der Waals surface area contributed by atoms with Gasteiger partial charge in [-0.05, 0) is 84.8 Å². The fourth-order valence-corrected chi connectivity index (χ4v) is 6.12. The Kier molecular flexibility index (Phi) is 11.0. The van der Waals surface area contributed by atoms with Gasteiger partial charge in [0.1, 0.15) is 36.4 Å². The summed E-state index contributed by atoms with van der Waals surface area (Å²) in [7, 11) is 0. The smallest absolute Gasteiger partial charge is 0.408 e. The molecule has 0 spiro atoms. The fraction of sp³-hybridized carbons (Fsp3) is 0.316. The van der Waals surface area contributed by atoms with Crippen molar-refractivity contribution < 1.29 is 28.5 Å². The van der Waals surface area contributed by atoms with Crippen LogP contribution in [0.3, 0.4) is 0 Å². The number of fused-ring (bicyclic) bond motifs is 3. The predicted molar refractivity (Wildman–Crippen MR) is 185 cm³/mol. The van der Waals surface area contributed by atoms with Gasteiger partial charge in [0.05, 0.1) is 17.9 Å². The van der Waals surface area contributed by atoms with Gasteiger partial charge in [-0.3, -0.25) is 4.79 Å². The summed E-state index contributed by atoms with van der Waals surface area (Å²) in [5.74, 6) is 1.34. The highest BCUT2D eigenvalue weighted by Crippen LogP contribution is 2.56. The van der Waals surface area contributed by atoms with Crippen LogP contribution in [0.25, 0.3) is 11.1 Å². The van der Waals surface area contributed by atoms with E-state index in [-0.39, 0.29) is 19.0 Å². The van der Waals surface area contributed by atoms with Gasteiger partial charge in [-0.25, -0.2) is 4.79 Å². The molecule has 0 saturated heterocycles. The van der Waals surface area contributed by atoms with E-state index in [9.17, 15) is 9.59 Å². The van der Waals surface area contributed by atoms with Crippen LogP contribution in [-0.4, -0.2) is 55.3 Å². The first-order chi connectivity index (χ1) is 22.7. The first kappa shape index (κ1) is 34.1. The van der Waals surface area contributed by atoms with Crippen LogP contribution in [-0.2, 0) is 19.7 Å². The number of amides is 1. The van der Waals surface area contributed by atoms with Gasteiger partial charge < -0.3 is 24.3 Å². The standard InChI is InChI=1S/C38H39Cl2NO6/c1-37(2,3)47-36(43)41-24-35(42)46-30(23-40)25-45-29-19-15-27(16-20-29)38(26-13-17-28(18-14-26)44-22-8-21-39)33-11-6-4-9-31(33)32-10-5-7-12-34(32)38/h4-7,9-20,30H,8,21-25H2,1-3H3,(H,41,43). The van der Waals surface area contributed by atoms with Crippen molar-refractivity contribution in [1.82, 2.24) is 5.32 Å². The second-order valence-corrected chi connectivity index (χ2v) is 12.9. The molecular weight excluding hydrogens is 637 g/mol. The second-order valence-electron chi connectivity index (χ2n) is 12.2. The number of halogens is 2. The zero-order chi connectivity index (χ0) is 33.4. The molecule has 5 rings (SSSR count). The van der Waals surface area contributed by atoms with E-state index in [0.29, 0.717) is 18.2 Å². The molecular formula is C38H39Cl2NO6. The molecule has 1 aliphatic rings. The first-order valence-electron chi connectivity index (χ1n) is 15.6. The van der Waals surface area contributed by atoms with Crippen LogP contribution >= 0.6 is 23.2 Å². The lowest BCUT2D eigenvalue weighted by Gasteiger charge is -2.34. The Morgan fingerprint density at radius 2 is 1.30 bits per heavy atom. The average Bonchev–Trinajstić information content (AvgIpc) is 3.37. The minimum Gasteiger partial charge on any atom is -0.494 e. The summed E-state index contributed by atoms with van der Waals surface area (Å²) in [6.45, 7) is 5.48. The molecule has 1 aliphatic carbocycles. The van der Waals surface area contributed by atoms with E-state index < -0.39 is 29.2 Å². The van der Waals surface area contributed by atoms with Gasteiger partial charge in [-0.1, -0.05) is 72.8 Å². The average molecular weight is 677 g/mol. The number of hydrogen-bond donors (Lipinski definition) is 1. The lowest BCUT2D eigenvalue weighted by atomic mass is 9.68. The molecule has 1 unspecified atom stereocenters. The molecule has 0 fully saturated rings. The van der Waals surface area contributed by atoms with Gasteiger partial charge in [0.15, 0.2) is 0 Å². The molecule has 0 saturated carbocycles. The van der Waals surface area contributed by atoms with Crippen LogP contribution in [0.5, 0.6) is 11.5 Å². The molecule has 47 heavy (non-hydrogen) atoms. The van der Waals surface area contributed by atoms with Crippen molar-refractivity contribution >= 4 is 35.3 Å². The van der Waals surface area contributed by atoms with Crippen LogP contribution in [0.2, 0.25) is 0 Å². The van der Waals surface area contributed by atoms with Crippen LogP contribution < -0.4 is 14.8 Å². The molecule has 4 aromatic rings. The van der Waals surface area contributed by atoms with Crippen LogP contribution in [0.1, 0.15) is 49.4 Å². The largest absolute Gasteiger partial charge is 0.494 e. The zero-order valence-electron chi connectivity index (χ0n) is 26.8. The van der Waals surface area contributed by atoms with Crippen molar-refractivity contribution in [1.29, 1.82) is 0 Å². The summed E-state index contributed by atoms with van der Waals surface area (Å²) in [5, 5.41) is 2.39. The number of benzene rings is 4. The summed E-state index contributed by atoms with van der Waals surface area (Å²) in [6.07, 6.45) is -0.638. The van der Waals surface area contributed by atoms with E-state index in [4.69, 9.17) is 42.1 Å². The van der Waals surface area contributed by atoms with E-state index in [0.717, 1.165) is 23.3 Å². The van der Waals surface area contributed by atoms with Crippen LogP contribution in [0.15, 0.2) is 97.1 Å². The number of hydrogen-bond acceptors (Lipinski definition) is 6. The highest BCUT2D eigenvalue weighted by molar-refractivity contribution is 6.18. The van der Waals surface area contributed by atoms with Crippen molar-refractivity contribution in [2.75, 3.05) is 31.5 Å². The molecule has 1 amide bonds. The SMILES string of the molecule is CC(C)(C)OC(=O)NCC(=O)OC(CCl)COc1ccc(C2(c3ccc(OCCCCl)cc3)c3ccccc3-c3ccccc32)cc1. The molecule has 0 heterocycles. The maximum Gasteiger partial charge on any atom is 0.408 e. The van der Waals surface area contributed by atoms with Crippen molar-refractivity contribution in [2.45, 2.75) is 44.3 Å². The summed E-state index contributed by atoms with van der Waals surface area (Å²) < 4.78 is 22.5. The van der Waals surface area contributed by atoms with Gasteiger partial charge >= 0.3 is 12.1 Å². The van der Waals surface area contributed by atoms with E-state index in [1.807, 2.05) is 24.3 Å². The number of carbonyl (C=O) groups is 2. The molecule has 7 nitrogen and oxygen atoms in total. The number of esters is 1. The van der Waals surface area contributed by atoms with Crippen LogP contribution in [0, 0.1) is 0 Å². The topological polar surface area (TPSA) is 83.1 Å². The van der Waals surface area contributed by atoms with Crippen molar-refractivity contribution in [3.63, 3.8) is 0 Å².